The number of rotatable bonds is 17. The predicted octanol–water partition coefficient (Wildman–Crippen LogP) is 6.45. The van der Waals surface area contributed by atoms with Crippen molar-refractivity contribution in [2.45, 2.75) is 84.2 Å². The summed E-state index contributed by atoms with van der Waals surface area (Å²) in [6.07, 6.45) is 9.27. The number of aliphatic carboxylic acids is 1. The maximum absolute atomic E-state index is 13.1. The fourth-order valence-electron chi connectivity index (χ4n) is 4.78. The Kier molecular flexibility index (Phi) is 12.4. The second-order valence-electron chi connectivity index (χ2n) is 9.89. The van der Waals surface area contributed by atoms with E-state index >= 15 is 0 Å². The number of hydrogen-bond donors (Lipinski definition) is 1. The third-order valence-corrected chi connectivity index (χ3v) is 6.93. The molecule has 1 N–H and O–H groups in total. The van der Waals surface area contributed by atoms with E-state index in [1.54, 1.807) is 11.8 Å². The predicted molar refractivity (Wildman–Crippen MR) is 148 cm³/mol. The van der Waals surface area contributed by atoms with Gasteiger partial charge in [-0.25, -0.2) is 9.59 Å². The molecular formula is C31H43NO6. The topological polar surface area (TPSA) is 85.3 Å². The van der Waals surface area contributed by atoms with E-state index in [4.69, 9.17) is 14.2 Å². The molecule has 0 radical (unpaired) electrons. The van der Waals surface area contributed by atoms with Gasteiger partial charge < -0.3 is 24.2 Å². The molecule has 1 aliphatic rings. The number of carboxylic acid groups (broad SMARTS) is 1. The van der Waals surface area contributed by atoms with Gasteiger partial charge in [0.05, 0.1) is 6.54 Å². The van der Waals surface area contributed by atoms with Crippen LogP contribution in [0.2, 0.25) is 0 Å². The Bertz CT molecular complexity index is 1010. The lowest BCUT2D eigenvalue weighted by molar-refractivity contribution is -0.149. The Morgan fingerprint density at radius 1 is 0.895 bits per heavy atom. The van der Waals surface area contributed by atoms with E-state index in [2.05, 4.69) is 13.0 Å². The third kappa shape index (κ3) is 9.67. The largest absolute Gasteiger partial charge is 0.492 e. The number of aryl methyl sites for hydroxylation is 2. The van der Waals surface area contributed by atoms with E-state index in [0.29, 0.717) is 44.2 Å². The number of unbranched alkanes of at least 4 members (excludes halogenated alkanes) is 5. The maximum Gasteiger partial charge on any atom is 0.415 e. The molecule has 2 aromatic rings. The van der Waals surface area contributed by atoms with Crippen LogP contribution in [0.3, 0.4) is 0 Å². The Balaban J connectivity index is 1.52. The van der Waals surface area contributed by atoms with Crippen LogP contribution < -0.4 is 9.47 Å². The number of carbonyl (C=O) groups is 2. The monoisotopic (exact) mass is 525 g/mol. The van der Waals surface area contributed by atoms with Gasteiger partial charge in [-0.3, -0.25) is 0 Å². The van der Waals surface area contributed by atoms with E-state index in [9.17, 15) is 14.7 Å². The molecule has 0 aliphatic heterocycles. The summed E-state index contributed by atoms with van der Waals surface area (Å²) in [5.41, 5.74) is 3.49. The number of benzene rings is 2. The van der Waals surface area contributed by atoms with Gasteiger partial charge in [0, 0.05) is 19.6 Å². The average molecular weight is 526 g/mol. The van der Waals surface area contributed by atoms with Gasteiger partial charge in [-0.05, 0) is 73.6 Å². The van der Waals surface area contributed by atoms with Crippen molar-refractivity contribution in [3.8, 4) is 11.5 Å². The fourth-order valence-corrected chi connectivity index (χ4v) is 4.78. The summed E-state index contributed by atoms with van der Waals surface area (Å²) in [6.45, 7) is 5.73. The highest BCUT2D eigenvalue weighted by atomic mass is 16.6. The Labute approximate surface area is 227 Å². The molecule has 0 saturated carbocycles. The van der Waals surface area contributed by atoms with Crippen molar-refractivity contribution in [3.05, 3.63) is 59.2 Å². The van der Waals surface area contributed by atoms with Crippen LogP contribution in [0.25, 0.3) is 0 Å². The molecule has 2 aromatic carbocycles. The molecule has 0 saturated heterocycles. The van der Waals surface area contributed by atoms with Gasteiger partial charge in [0.15, 0.2) is 6.10 Å². The molecule has 0 fully saturated rings. The van der Waals surface area contributed by atoms with E-state index in [1.807, 2.05) is 36.4 Å². The summed E-state index contributed by atoms with van der Waals surface area (Å²) < 4.78 is 17.0. The van der Waals surface area contributed by atoms with E-state index in [0.717, 1.165) is 37.7 Å². The number of ether oxygens (including phenoxy) is 3. The highest BCUT2D eigenvalue weighted by molar-refractivity contribution is 5.72. The van der Waals surface area contributed by atoms with Crippen LogP contribution in [0.1, 0.15) is 75.5 Å². The van der Waals surface area contributed by atoms with Crippen LogP contribution in [0.15, 0.2) is 42.5 Å². The number of carbonyl (C=O) groups excluding carboxylic acids is 1. The van der Waals surface area contributed by atoms with Crippen molar-refractivity contribution >= 4 is 12.1 Å². The van der Waals surface area contributed by atoms with Gasteiger partial charge in [-0.1, -0.05) is 57.2 Å². The van der Waals surface area contributed by atoms with Crippen LogP contribution in [-0.2, 0) is 28.8 Å². The van der Waals surface area contributed by atoms with E-state index < -0.39 is 12.1 Å². The molecule has 1 unspecified atom stereocenters. The minimum atomic E-state index is -0.968. The quantitative estimate of drug-likeness (QED) is 0.239. The summed E-state index contributed by atoms with van der Waals surface area (Å²) >= 11 is 0. The van der Waals surface area contributed by atoms with Crippen LogP contribution in [0.4, 0.5) is 4.79 Å². The van der Waals surface area contributed by atoms with Gasteiger partial charge in [0.1, 0.15) is 18.1 Å². The second kappa shape index (κ2) is 16.0. The molecule has 0 bridgehead atoms. The standard InChI is InChI=1S/C31H43NO6/c1-3-5-6-7-8-9-19-32(31(35)38-28-18-15-25-11-10-12-26(25)23-28)20-21-37-27-16-13-24(14-17-27)22-29(30(33)34)36-4-2/h13-18,23,29H,3-12,19-22H2,1-2H3,(H,33,34). The summed E-state index contributed by atoms with van der Waals surface area (Å²) in [6, 6.07) is 13.3. The molecule has 7 nitrogen and oxygen atoms in total. The second-order valence-corrected chi connectivity index (χ2v) is 9.89. The number of carboxylic acids is 1. The van der Waals surface area contributed by atoms with Gasteiger partial charge in [-0.2, -0.15) is 0 Å². The smallest absolute Gasteiger partial charge is 0.415 e. The van der Waals surface area contributed by atoms with E-state index in [-0.39, 0.29) is 6.09 Å². The first-order chi connectivity index (χ1) is 18.5. The Hall–Kier alpha value is -3.06. The first kappa shape index (κ1) is 29.5. The van der Waals surface area contributed by atoms with Crippen molar-refractivity contribution < 1.29 is 28.9 Å². The molecule has 7 heteroatoms. The fraction of sp³-hybridized carbons (Fsp3) is 0.548. The van der Waals surface area contributed by atoms with Crippen molar-refractivity contribution in [1.82, 2.24) is 4.90 Å². The number of nitrogens with zero attached hydrogens (tertiary/aromatic N) is 1. The molecular weight excluding hydrogens is 482 g/mol. The van der Waals surface area contributed by atoms with Gasteiger partial charge in [0.25, 0.3) is 0 Å². The lowest BCUT2D eigenvalue weighted by Gasteiger charge is -2.22. The first-order valence-electron chi connectivity index (χ1n) is 14.1. The minimum absolute atomic E-state index is 0.296. The molecule has 1 aliphatic carbocycles. The van der Waals surface area contributed by atoms with Crippen molar-refractivity contribution in [1.29, 1.82) is 0 Å². The normalized spacial score (nSPS) is 13.1. The SMILES string of the molecule is CCCCCCCCN(CCOc1ccc(CC(OCC)C(=O)O)cc1)C(=O)Oc1ccc2c(c1)CCC2. The number of amides is 1. The van der Waals surface area contributed by atoms with Gasteiger partial charge >= 0.3 is 12.1 Å². The Morgan fingerprint density at radius 3 is 2.34 bits per heavy atom. The highest BCUT2D eigenvalue weighted by Gasteiger charge is 2.19. The zero-order chi connectivity index (χ0) is 27.2. The summed E-state index contributed by atoms with van der Waals surface area (Å²) in [4.78, 5) is 26.1. The summed E-state index contributed by atoms with van der Waals surface area (Å²) in [5.74, 6) is 0.305. The Morgan fingerprint density at radius 2 is 1.61 bits per heavy atom. The van der Waals surface area contributed by atoms with Crippen molar-refractivity contribution in [2.75, 3.05) is 26.3 Å². The van der Waals surface area contributed by atoms with E-state index in [1.165, 1.54) is 36.8 Å². The molecule has 0 heterocycles. The van der Waals surface area contributed by atoms with Crippen molar-refractivity contribution in [3.63, 3.8) is 0 Å². The number of hydrogen-bond acceptors (Lipinski definition) is 5. The van der Waals surface area contributed by atoms with Crippen LogP contribution in [-0.4, -0.2) is 54.5 Å². The molecule has 208 valence electrons. The third-order valence-electron chi connectivity index (χ3n) is 6.93. The van der Waals surface area contributed by atoms with Crippen LogP contribution in [0.5, 0.6) is 11.5 Å². The lowest BCUT2D eigenvalue weighted by Crippen LogP contribution is -2.37. The average Bonchev–Trinajstić information content (AvgIpc) is 3.38. The van der Waals surface area contributed by atoms with Gasteiger partial charge in [0.2, 0.25) is 0 Å². The lowest BCUT2D eigenvalue weighted by atomic mass is 10.1. The zero-order valence-corrected chi connectivity index (χ0v) is 23.0. The zero-order valence-electron chi connectivity index (χ0n) is 23.0. The molecule has 38 heavy (non-hydrogen) atoms. The summed E-state index contributed by atoms with van der Waals surface area (Å²) in [5, 5.41) is 9.29. The molecule has 0 spiro atoms. The molecule has 1 atom stereocenters. The molecule has 1 amide bonds. The molecule has 3 rings (SSSR count). The first-order valence-corrected chi connectivity index (χ1v) is 14.1. The highest BCUT2D eigenvalue weighted by Crippen LogP contribution is 2.26. The number of fused-ring (bicyclic) bond motifs is 1. The molecule has 0 aromatic heterocycles. The maximum atomic E-state index is 13.1. The van der Waals surface area contributed by atoms with Crippen molar-refractivity contribution in [2.24, 2.45) is 0 Å². The van der Waals surface area contributed by atoms with Gasteiger partial charge in [-0.15, -0.1) is 0 Å². The summed E-state index contributed by atoms with van der Waals surface area (Å²) in [7, 11) is 0. The van der Waals surface area contributed by atoms with Crippen LogP contribution in [0, 0.1) is 0 Å². The van der Waals surface area contributed by atoms with Crippen LogP contribution >= 0.6 is 0 Å². The minimum Gasteiger partial charge on any atom is -0.492 e.